The van der Waals surface area contributed by atoms with Gasteiger partial charge in [-0.2, -0.15) is 0 Å². The van der Waals surface area contributed by atoms with Gasteiger partial charge in [-0.3, -0.25) is 0 Å². The third kappa shape index (κ3) is 2.52. The van der Waals surface area contributed by atoms with Gasteiger partial charge in [-0.1, -0.05) is 38.3 Å². The average Bonchev–Trinajstić information content (AvgIpc) is 2.77. The molecule has 0 saturated heterocycles. The van der Waals surface area contributed by atoms with Gasteiger partial charge >= 0.3 is 0 Å². The van der Waals surface area contributed by atoms with Gasteiger partial charge in [0.2, 0.25) is 0 Å². The minimum atomic E-state index is 0.122. The molecule has 0 radical (unpaired) electrons. The second-order valence-electron chi connectivity index (χ2n) is 6.48. The summed E-state index contributed by atoms with van der Waals surface area (Å²) in [6, 6.07) is 8.49. The number of nitrogens with zero attached hydrogens (tertiary/aromatic N) is 1. The van der Waals surface area contributed by atoms with Gasteiger partial charge in [-0.25, -0.2) is 0 Å². The minimum Gasteiger partial charge on any atom is -0.491 e. The van der Waals surface area contributed by atoms with Gasteiger partial charge in [0.05, 0.1) is 17.8 Å². The highest BCUT2D eigenvalue weighted by atomic mass is 16.5. The lowest BCUT2D eigenvalue weighted by molar-refractivity contribution is 0.176. The number of rotatable bonds is 3. The molecule has 0 bridgehead atoms. The Morgan fingerprint density at radius 1 is 1.29 bits per heavy atom. The molecule has 0 amide bonds. The second kappa shape index (κ2) is 6.27. The Labute approximate surface area is 128 Å². The number of para-hydroxylation sites is 2. The van der Waals surface area contributed by atoms with Crippen LogP contribution >= 0.6 is 0 Å². The molecule has 2 atom stereocenters. The summed E-state index contributed by atoms with van der Waals surface area (Å²) in [6.45, 7) is 4.94. The molecular formula is C18H28N2O. The van der Waals surface area contributed by atoms with Gasteiger partial charge < -0.3 is 15.4 Å². The molecule has 3 nitrogen and oxygen atoms in total. The van der Waals surface area contributed by atoms with Crippen LogP contribution in [0.3, 0.4) is 0 Å². The molecule has 0 spiro atoms. The molecule has 0 aromatic heterocycles. The lowest BCUT2D eigenvalue weighted by atomic mass is 9.70. The normalized spacial score (nSPS) is 29.4. The van der Waals surface area contributed by atoms with E-state index in [1.807, 2.05) is 0 Å². The van der Waals surface area contributed by atoms with E-state index in [0.29, 0.717) is 5.92 Å². The van der Waals surface area contributed by atoms with Crippen molar-refractivity contribution in [3.05, 3.63) is 24.3 Å². The summed E-state index contributed by atoms with van der Waals surface area (Å²) in [5.41, 5.74) is 7.73. The summed E-state index contributed by atoms with van der Waals surface area (Å²) >= 11 is 0. The Bertz CT molecular complexity index is 476. The molecule has 2 unspecified atom stereocenters. The van der Waals surface area contributed by atoms with Gasteiger partial charge in [0.1, 0.15) is 5.75 Å². The van der Waals surface area contributed by atoms with E-state index in [1.54, 1.807) is 0 Å². The molecule has 116 valence electrons. The lowest BCUT2D eigenvalue weighted by Crippen LogP contribution is -2.60. The number of anilines is 1. The van der Waals surface area contributed by atoms with E-state index >= 15 is 0 Å². The fourth-order valence-electron chi connectivity index (χ4n) is 4.40. The van der Waals surface area contributed by atoms with Crippen LogP contribution in [0.2, 0.25) is 0 Å². The van der Waals surface area contributed by atoms with Gasteiger partial charge in [0, 0.05) is 13.1 Å². The standard InChI is InChI=1S/C18H28N2O/c1-2-15-8-5-6-11-18(15,14-19)20-12-7-13-21-17-10-4-3-9-16(17)20/h3-4,9-10,15H,2,5-8,11-14,19H2,1H3. The second-order valence-corrected chi connectivity index (χ2v) is 6.48. The molecule has 2 aliphatic rings. The highest BCUT2D eigenvalue weighted by molar-refractivity contribution is 5.61. The Hall–Kier alpha value is -1.22. The molecule has 21 heavy (non-hydrogen) atoms. The van der Waals surface area contributed by atoms with Crippen molar-refractivity contribution in [2.45, 2.75) is 51.0 Å². The molecule has 1 heterocycles. The van der Waals surface area contributed by atoms with Crippen LogP contribution in [0.15, 0.2) is 24.3 Å². The third-order valence-corrected chi connectivity index (χ3v) is 5.50. The van der Waals surface area contributed by atoms with E-state index in [9.17, 15) is 0 Å². The zero-order chi connectivity index (χ0) is 14.7. The van der Waals surface area contributed by atoms with Gasteiger partial charge in [-0.15, -0.1) is 0 Å². The molecular weight excluding hydrogens is 260 g/mol. The van der Waals surface area contributed by atoms with Crippen LogP contribution in [-0.4, -0.2) is 25.2 Å². The molecule has 1 aromatic carbocycles. The Morgan fingerprint density at radius 2 is 2.14 bits per heavy atom. The molecule has 1 saturated carbocycles. The van der Waals surface area contributed by atoms with E-state index in [-0.39, 0.29) is 5.54 Å². The topological polar surface area (TPSA) is 38.5 Å². The van der Waals surface area contributed by atoms with Crippen LogP contribution in [0.4, 0.5) is 5.69 Å². The molecule has 3 heteroatoms. The van der Waals surface area contributed by atoms with E-state index in [2.05, 4.69) is 36.1 Å². The highest BCUT2D eigenvalue weighted by Crippen LogP contribution is 2.45. The van der Waals surface area contributed by atoms with E-state index in [1.165, 1.54) is 37.8 Å². The Morgan fingerprint density at radius 3 is 2.95 bits per heavy atom. The minimum absolute atomic E-state index is 0.122. The quantitative estimate of drug-likeness (QED) is 0.924. The van der Waals surface area contributed by atoms with Crippen LogP contribution in [0.1, 0.15) is 45.4 Å². The van der Waals surface area contributed by atoms with E-state index < -0.39 is 0 Å². The van der Waals surface area contributed by atoms with Crippen LogP contribution in [0, 0.1) is 5.92 Å². The first kappa shape index (κ1) is 14.7. The van der Waals surface area contributed by atoms with Crippen LogP contribution < -0.4 is 15.4 Å². The number of nitrogens with two attached hydrogens (primary N) is 1. The van der Waals surface area contributed by atoms with Crippen molar-refractivity contribution in [1.29, 1.82) is 0 Å². The number of hydrogen-bond donors (Lipinski definition) is 1. The maximum atomic E-state index is 6.36. The van der Waals surface area contributed by atoms with Crippen molar-refractivity contribution >= 4 is 5.69 Å². The largest absolute Gasteiger partial charge is 0.491 e. The number of benzene rings is 1. The van der Waals surface area contributed by atoms with Crippen LogP contribution in [0.25, 0.3) is 0 Å². The smallest absolute Gasteiger partial charge is 0.142 e. The average molecular weight is 288 g/mol. The molecule has 1 aliphatic heterocycles. The zero-order valence-corrected chi connectivity index (χ0v) is 13.2. The summed E-state index contributed by atoms with van der Waals surface area (Å²) < 4.78 is 5.95. The molecule has 2 N–H and O–H groups in total. The zero-order valence-electron chi connectivity index (χ0n) is 13.2. The van der Waals surface area contributed by atoms with Crippen LogP contribution in [0.5, 0.6) is 5.75 Å². The van der Waals surface area contributed by atoms with Crippen molar-refractivity contribution in [1.82, 2.24) is 0 Å². The molecule has 1 aromatic rings. The molecule has 1 aliphatic carbocycles. The third-order valence-electron chi connectivity index (χ3n) is 5.50. The lowest BCUT2D eigenvalue weighted by Gasteiger charge is -2.52. The number of ether oxygens (including phenoxy) is 1. The van der Waals surface area contributed by atoms with Gasteiger partial charge in [0.15, 0.2) is 0 Å². The molecule has 1 fully saturated rings. The Kier molecular flexibility index (Phi) is 4.39. The number of fused-ring (bicyclic) bond motifs is 1. The summed E-state index contributed by atoms with van der Waals surface area (Å²) in [7, 11) is 0. The SMILES string of the molecule is CCC1CCCCC1(CN)N1CCCOc2ccccc21. The predicted octanol–water partition coefficient (Wildman–Crippen LogP) is 3.57. The first-order chi connectivity index (χ1) is 10.3. The van der Waals surface area contributed by atoms with Gasteiger partial charge in [0.25, 0.3) is 0 Å². The van der Waals surface area contributed by atoms with E-state index in [0.717, 1.165) is 31.9 Å². The Balaban J connectivity index is 2.03. The molecule has 3 rings (SSSR count). The summed E-state index contributed by atoms with van der Waals surface area (Å²) in [5, 5.41) is 0. The fraction of sp³-hybridized carbons (Fsp3) is 0.667. The monoisotopic (exact) mass is 288 g/mol. The summed E-state index contributed by atoms with van der Waals surface area (Å²) in [6.07, 6.45) is 7.48. The highest BCUT2D eigenvalue weighted by Gasteiger charge is 2.44. The number of hydrogen-bond acceptors (Lipinski definition) is 3. The van der Waals surface area contributed by atoms with Crippen molar-refractivity contribution in [3.8, 4) is 5.75 Å². The first-order valence-electron chi connectivity index (χ1n) is 8.51. The van der Waals surface area contributed by atoms with E-state index in [4.69, 9.17) is 10.5 Å². The van der Waals surface area contributed by atoms with Gasteiger partial charge in [-0.05, 0) is 37.3 Å². The van der Waals surface area contributed by atoms with Crippen molar-refractivity contribution in [3.63, 3.8) is 0 Å². The van der Waals surface area contributed by atoms with Crippen LogP contribution in [-0.2, 0) is 0 Å². The summed E-state index contributed by atoms with van der Waals surface area (Å²) in [4.78, 5) is 2.60. The first-order valence-corrected chi connectivity index (χ1v) is 8.51. The van der Waals surface area contributed by atoms with Crippen molar-refractivity contribution in [2.24, 2.45) is 11.7 Å². The van der Waals surface area contributed by atoms with Crippen molar-refractivity contribution in [2.75, 3.05) is 24.6 Å². The van der Waals surface area contributed by atoms with Crippen molar-refractivity contribution < 1.29 is 4.74 Å². The maximum absolute atomic E-state index is 6.36. The fourth-order valence-corrected chi connectivity index (χ4v) is 4.40. The summed E-state index contributed by atoms with van der Waals surface area (Å²) in [5.74, 6) is 1.73. The maximum Gasteiger partial charge on any atom is 0.142 e. The predicted molar refractivity (Wildman–Crippen MR) is 87.9 cm³/mol.